The highest BCUT2D eigenvalue weighted by atomic mass is 35.5. The summed E-state index contributed by atoms with van der Waals surface area (Å²) in [5.41, 5.74) is 1.14. The van der Waals surface area contributed by atoms with Crippen molar-refractivity contribution >= 4 is 29.1 Å². The maximum atomic E-state index is 13.1. The van der Waals surface area contributed by atoms with Gasteiger partial charge in [-0.2, -0.15) is 0 Å². The van der Waals surface area contributed by atoms with Gasteiger partial charge in [0.25, 0.3) is 5.92 Å². The standard InChI is InChI=1S/C17H18F2N2O.ClH/c18-17(19)10-15(21-11-17)16(22)20-9-8-13-6-3-5-12-4-1-2-7-14(12)13;/h1-7,15,21H,8-11H2,(H,20,22);1H. The molecule has 2 aromatic carbocycles. The fraction of sp³-hybridized carbons (Fsp3) is 0.353. The van der Waals surface area contributed by atoms with E-state index >= 15 is 0 Å². The number of carbonyl (C=O) groups is 1. The van der Waals surface area contributed by atoms with E-state index in [1.807, 2.05) is 42.5 Å². The summed E-state index contributed by atoms with van der Waals surface area (Å²) in [6.07, 6.45) is 0.253. The summed E-state index contributed by atoms with van der Waals surface area (Å²) in [4.78, 5) is 11.9. The number of carbonyl (C=O) groups excluding carboxylic acids is 1. The zero-order chi connectivity index (χ0) is 15.6. The lowest BCUT2D eigenvalue weighted by molar-refractivity contribution is -0.123. The molecule has 0 bridgehead atoms. The molecule has 1 unspecified atom stereocenters. The summed E-state index contributed by atoms with van der Waals surface area (Å²) < 4.78 is 26.1. The van der Waals surface area contributed by atoms with Gasteiger partial charge in [0.15, 0.2) is 0 Å². The lowest BCUT2D eigenvalue weighted by Crippen LogP contribution is -2.41. The Hall–Kier alpha value is -1.72. The number of fused-ring (bicyclic) bond motifs is 1. The predicted molar refractivity (Wildman–Crippen MR) is 89.3 cm³/mol. The average molecular weight is 341 g/mol. The largest absolute Gasteiger partial charge is 0.354 e. The number of nitrogens with one attached hydrogen (secondary N) is 2. The van der Waals surface area contributed by atoms with Crippen LogP contribution in [0.3, 0.4) is 0 Å². The van der Waals surface area contributed by atoms with Crippen LogP contribution in [-0.2, 0) is 11.2 Å². The molecule has 1 amide bonds. The van der Waals surface area contributed by atoms with Crippen LogP contribution in [-0.4, -0.2) is 31.0 Å². The van der Waals surface area contributed by atoms with E-state index in [2.05, 4.69) is 10.6 Å². The third-order valence-corrected chi connectivity index (χ3v) is 4.00. The molecule has 0 spiro atoms. The van der Waals surface area contributed by atoms with Gasteiger partial charge in [-0.3, -0.25) is 10.1 Å². The molecule has 2 N–H and O–H groups in total. The van der Waals surface area contributed by atoms with Crippen LogP contribution in [0.2, 0.25) is 0 Å². The summed E-state index contributed by atoms with van der Waals surface area (Å²) in [7, 11) is 0. The SMILES string of the molecule is Cl.O=C(NCCc1cccc2ccccc12)C1CC(F)(F)CN1. The Bertz CT molecular complexity index is 688. The van der Waals surface area contributed by atoms with Crippen molar-refractivity contribution in [1.29, 1.82) is 0 Å². The molecule has 0 radical (unpaired) electrons. The Balaban J connectivity index is 0.00000192. The van der Waals surface area contributed by atoms with Gasteiger partial charge in [-0.1, -0.05) is 42.5 Å². The fourth-order valence-electron chi connectivity index (χ4n) is 2.85. The highest BCUT2D eigenvalue weighted by Gasteiger charge is 2.42. The Morgan fingerprint density at radius 2 is 1.96 bits per heavy atom. The Morgan fingerprint density at radius 3 is 2.70 bits per heavy atom. The molecule has 1 heterocycles. The zero-order valence-electron chi connectivity index (χ0n) is 12.5. The average Bonchev–Trinajstić information content (AvgIpc) is 2.88. The van der Waals surface area contributed by atoms with Crippen LogP contribution < -0.4 is 10.6 Å². The minimum Gasteiger partial charge on any atom is -0.354 e. The van der Waals surface area contributed by atoms with E-state index < -0.39 is 24.9 Å². The van der Waals surface area contributed by atoms with Crippen molar-refractivity contribution in [2.45, 2.75) is 24.8 Å². The molecule has 3 nitrogen and oxygen atoms in total. The van der Waals surface area contributed by atoms with Crippen LogP contribution in [0.1, 0.15) is 12.0 Å². The number of benzene rings is 2. The Labute approximate surface area is 139 Å². The first-order valence-corrected chi connectivity index (χ1v) is 7.41. The van der Waals surface area contributed by atoms with Crippen LogP contribution in [0, 0.1) is 0 Å². The molecule has 6 heteroatoms. The van der Waals surface area contributed by atoms with E-state index in [-0.39, 0.29) is 18.3 Å². The van der Waals surface area contributed by atoms with E-state index in [0.717, 1.165) is 16.3 Å². The first kappa shape index (κ1) is 17.6. The van der Waals surface area contributed by atoms with Crippen LogP contribution in [0.15, 0.2) is 42.5 Å². The molecule has 1 atom stereocenters. The second-order valence-corrected chi connectivity index (χ2v) is 5.67. The topological polar surface area (TPSA) is 41.1 Å². The third-order valence-electron chi connectivity index (χ3n) is 4.00. The molecule has 3 rings (SSSR count). The van der Waals surface area contributed by atoms with Gasteiger partial charge in [-0.15, -0.1) is 12.4 Å². The van der Waals surface area contributed by atoms with Crippen LogP contribution in [0.4, 0.5) is 8.78 Å². The second kappa shape index (κ2) is 7.23. The van der Waals surface area contributed by atoms with Gasteiger partial charge >= 0.3 is 0 Å². The summed E-state index contributed by atoms with van der Waals surface area (Å²) in [5, 5.41) is 7.62. The molecule has 0 saturated carbocycles. The number of hydrogen-bond donors (Lipinski definition) is 2. The molecule has 0 aromatic heterocycles. The van der Waals surface area contributed by atoms with Gasteiger partial charge in [0.2, 0.25) is 5.91 Å². The second-order valence-electron chi connectivity index (χ2n) is 5.67. The monoisotopic (exact) mass is 340 g/mol. The van der Waals surface area contributed by atoms with Gasteiger partial charge < -0.3 is 5.32 Å². The highest BCUT2D eigenvalue weighted by molar-refractivity contribution is 5.86. The highest BCUT2D eigenvalue weighted by Crippen LogP contribution is 2.25. The lowest BCUT2D eigenvalue weighted by Gasteiger charge is -2.12. The third kappa shape index (κ3) is 4.18. The molecule has 1 aliphatic rings. The molecule has 1 aliphatic heterocycles. The molecule has 0 aliphatic carbocycles. The van der Waals surface area contributed by atoms with Crippen LogP contribution in [0.5, 0.6) is 0 Å². The van der Waals surface area contributed by atoms with Gasteiger partial charge in [0.1, 0.15) is 0 Å². The number of alkyl halides is 2. The molecule has 23 heavy (non-hydrogen) atoms. The zero-order valence-corrected chi connectivity index (χ0v) is 13.3. The van der Waals surface area contributed by atoms with E-state index in [1.54, 1.807) is 0 Å². The maximum Gasteiger partial charge on any atom is 0.262 e. The number of hydrogen-bond acceptors (Lipinski definition) is 2. The summed E-state index contributed by atoms with van der Waals surface area (Å²) in [6, 6.07) is 13.3. The molecule has 124 valence electrons. The normalized spacial score (nSPS) is 19.3. The lowest BCUT2D eigenvalue weighted by atomic mass is 10.0. The summed E-state index contributed by atoms with van der Waals surface area (Å²) in [5.74, 6) is -3.13. The first-order chi connectivity index (χ1) is 10.6. The van der Waals surface area contributed by atoms with Crippen molar-refractivity contribution in [3.8, 4) is 0 Å². The van der Waals surface area contributed by atoms with E-state index in [1.165, 1.54) is 0 Å². The fourth-order valence-corrected chi connectivity index (χ4v) is 2.85. The van der Waals surface area contributed by atoms with Crippen molar-refractivity contribution < 1.29 is 13.6 Å². The minimum absolute atomic E-state index is 0. The number of rotatable bonds is 4. The maximum absolute atomic E-state index is 13.1. The summed E-state index contributed by atoms with van der Waals surface area (Å²) in [6.45, 7) is 0.0189. The van der Waals surface area contributed by atoms with Crippen LogP contribution >= 0.6 is 12.4 Å². The minimum atomic E-state index is -2.78. The molecule has 2 aromatic rings. The van der Waals surface area contributed by atoms with Crippen LogP contribution in [0.25, 0.3) is 10.8 Å². The smallest absolute Gasteiger partial charge is 0.262 e. The molecular formula is C17H19ClF2N2O. The van der Waals surface area contributed by atoms with E-state index in [9.17, 15) is 13.6 Å². The van der Waals surface area contributed by atoms with Gasteiger partial charge in [0, 0.05) is 13.0 Å². The van der Waals surface area contributed by atoms with Crippen molar-refractivity contribution in [2.75, 3.05) is 13.1 Å². The number of halogens is 3. The number of amides is 1. The van der Waals surface area contributed by atoms with Crippen molar-refractivity contribution in [2.24, 2.45) is 0 Å². The summed E-state index contributed by atoms with van der Waals surface area (Å²) >= 11 is 0. The first-order valence-electron chi connectivity index (χ1n) is 7.41. The van der Waals surface area contributed by atoms with E-state index in [0.29, 0.717) is 13.0 Å². The van der Waals surface area contributed by atoms with Gasteiger partial charge in [0.05, 0.1) is 12.6 Å². The van der Waals surface area contributed by atoms with Gasteiger partial charge in [-0.05, 0) is 22.8 Å². The molecule has 1 fully saturated rings. The van der Waals surface area contributed by atoms with Crippen molar-refractivity contribution in [1.82, 2.24) is 10.6 Å². The predicted octanol–water partition coefficient (Wildman–Crippen LogP) is 2.92. The van der Waals surface area contributed by atoms with Gasteiger partial charge in [-0.25, -0.2) is 8.78 Å². The Kier molecular flexibility index (Phi) is 5.55. The Morgan fingerprint density at radius 1 is 1.22 bits per heavy atom. The molecule has 1 saturated heterocycles. The molecular weight excluding hydrogens is 322 g/mol. The quantitative estimate of drug-likeness (QED) is 0.898. The van der Waals surface area contributed by atoms with Crippen molar-refractivity contribution in [3.63, 3.8) is 0 Å². The van der Waals surface area contributed by atoms with E-state index in [4.69, 9.17) is 0 Å². The van der Waals surface area contributed by atoms with Crippen molar-refractivity contribution in [3.05, 3.63) is 48.0 Å².